The van der Waals surface area contributed by atoms with Crippen LogP contribution < -0.4 is 9.47 Å². The number of hydrogen-bond donors (Lipinski definition) is 1. The van der Waals surface area contributed by atoms with E-state index in [2.05, 4.69) is 0 Å². The van der Waals surface area contributed by atoms with Gasteiger partial charge in [0, 0.05) is 6.07 Å². The summed E-state index contributed by atoms with van der Waals surface area (Å²) in [5.74, 6) is -0.896. The van der Waals surface area contributed by atoms with Gasteiger partial charge < -0.3 is 23.9 Å². The Balaban J connectivity index is 1.92. The molecule has 1 saturated heterocycles. The zero-order chi connectivity index (χ0) is 22.8. The summed E-state index contributed by atoms with van der Waals surface area (Å²) < 4.78 is 16.0. The van der Waals surface area contributed by atoms with Crippen molar-refractivity contribution in [1.82, 2.24) is 4.90 Å². The van der Waals surface area contributed by atoms with Crippen molar-refractivity contribution < 1.29 is 28.6 Å². The summed E-state index contributed by atoms with van der Waals surface area (Å²) in [7, 11) is 2.85. The molecule has 2 heterocycles. The van der Waals surface area contributed by atoms with E-state index < -0.39 is 17.7 Å². The molecule has 7 nitrogen and oxygen atoms in total. The van der Waals surface area contributed by atoms with Gasteiger partial charge in [0.1, 0.15) is 23.0 Å². The summed E-state index contributed by atoms with van der Waals surface area (Å²) in [5.41, 5.74) is 0.792. The van der Waals surface area contributed by atoms with Crippen molar-refractivity contribution >= 4 is 29.1 Å². The largest absolute Gasteiger partial charge is 0.507 e. The van der Waals surface area contributed by atoms with E-state index in [1.807, 2.05) is 6.07 Å². The van der Waals surface area contributed by atoms with Crippen LogP contribution >= 0.6 is 11.6 Å². The molecule has 1 aromatic heterocycles. The number of methoxy groups -OCH3 is 2. The Labute approximate surface area is 189 Å². The van der Waals surface area contributed by atoms with Gasteiger partial charge in [-0.1, -0.05) is 41.9 Å². The number of Topliss-reactive ketones (excluding diaryl/α,β-unsaturated/α-hetero) is 1. The maximum Gasteiger partial charge on any atom is 0.296 e. The maximum absolute atomic E-state index is 13.1. The second-order valence-electron chi connectivity index (χ2n) is 7.10. The number of carbonyl (C=O) groups is 2. The van der Waals surface area contributed by atoms with Gasteiger partial charge in [-0.25, -0.2) is 0 Å². The first kappa shape index (κ1) is 21.5. The third-order valence-electron chi connectivity index (χ3n) is 5.29. The third-order valence-corrected chi connectivity index (χ3v) is 5.59. The van der Waals surface area contributed by atoms with Crippen LogP contribution in [0.3, 0.4) is 0 Å². The Morgan fingerprint density at radius 1 is 1.06 bits per heavy atom. The SMILES string of the molecule is COc1cc(/C(O)=C2\C(=O)C(=O)N(Cc3ccco3)C2c2ccccc2)c(OC)cc1Cl. The highest BCUT2D eigenvalue weighted by Crippen LogP contribution is 2.43. The minimum Gasteiger partial charge on any atom is -0.507 e. The molecule has 164 valence electrons. The number of carbonyl (C=O) groups excluding carboxylic acids is 2. The summed E-state index contributed by atoms with van der Waals surface area (Å²) >= 11 is 6.18. The molecule has 0 aliphatic carbocycles. The van der Waals surface area contributed by atoms with Crippen molar-refractivity contribution in [2.24, 2.45) is 0 Å². The smallest absolute Gasteiger partial charge is 0.296 e. The highest BCUT2D eigenvalue weighted by molar-refractivity contribution is 6.46. The zero-order valence-corrected chi connectivity index (χ0v) is 18.1. The molecule has 4 rings (SSSR count). The Morgan fingerprint density at radius 3 is 2.41 bits per heavy atom. The van der Waals surface area contributed by atoms with Gasteiger partial charge >= 0.3 is 0 Å². The van der Waals surface area contributed by atoms with Gasteiger partial charge in [-0.05, 0) is 23.8 Å². The zero-order valence-electron chi connectivity index (χ0n) is 17.4. The molecule has 32 heavy (non-hydrogen) atoms. The molecule has 1 atom stereocenters. The quantitative estimate of drug-likeness (QED) is 0.334. The van der Waals surface area contributed by atoms with Crippen molar-refractivity contribution in [1.29, 1.82) is 0 Å². The molecule has 1 aliphatic heterocycles. The number of halogens is 1. The van der Waals surface area contributed by atoms with Gasteiger partial charge in [-0.15, -0.1) is 0 Å². The fourth-order valence-corrected chi connectivity index (χ4v) is 4.02. The fourth-order valence-electron chi connectivity index (χ4n) is 3.79. The number of amides is 1. The van der Waals surface area contributed by atoms with Crippen LogP contribution in [-0.4, -0.2) is 35.9 Å². The normalized spacial score (nSPS) is 17.6. The first-order chi connectivity index (χ1) is 15.5. The van der Waals surface area contributed by atoms with E-state index in [1.54, 1.807) is 36.4 Å². The van der Waals surface area contributed by atoms with E-state index in [4.69, 9.17) is 25.5 Å². The van der Waals surface area contributed by atoms with E-state index in [0.29, 0.717) is 11.3 Å². The average molecular weight is 454 g/mol. The Bertz CT molecular complexity index is 1190. The lowest BCUT2D eigenvalue weighted by molar-refractivity contribution is -0.140. The number of ether oxygens (including phenoxy) is 2. The van der Waals surface area contributed by atoms with E-state index in [-0.39, 0.29) is 40.0 Å². The minimum atomic E-state index is -0.826. The number of benzene rings is 2. The summed E-state index contributed by atoms with van der Waals surface area (Å²) in [6.45, 7) is 0.0645. The molecular weight excluding hydrogens is 434 g/mol. The second-order valence-corrected chi connectivity index (χ2v) is 7.51. The summed E-state index contributed by atoms with van der Waals surface area (Å²) in [5, 5.41) is 11.6. The number of rotatable bonds is 6. The molecular formula is C24H20ClNO6. The highest BCUT2D eigenvalue weighted by atomic mass is 35.5. The molecule has 0 saturated carbocycles. The van der Waals surface area contributed by atoms with Crippen molar-refractivity contribution in [3.8, 4) is 11.5 Å². The van der Waals surface area contributed by atoms with Gasteiger partial charge in [-0.3, -0.25) is 9.59 Å². The molecule has 1 fully saturated rings. The average Bonchev–Trinajstić information content (AvgIpc) is 3.41. The molecule has 0 radical (unpaired) electrons. The maximum atomic E-state index is 13.1. The predicted octanol–water partition coefficient (Wildman–Crippen LogP) is 4.57. The lowest BCUT2D eigenvalue weighted by Crippen LogP contribution is -2.29. The highest BCUT2D eigenvalue weighted by Gasteiger charge is 2.46. The monoisotopic (exact) mass is 453 g/mol. The Morgan fingerprint density at radius 2 is 1.78 bits per heavy atom. The number of nitrogens with zero attached hydrogens (tertiary/aromatic N) is 1. The number of aliphatic hydroxyl groups is 1. The lowest BCUT2D eigenvalue weighted by Gasteiger charge is -2.24. The van der Waals surface area contributed by atoms with Crippen LogP contribution in [0, 0.1) is 0 Å². The summed E-state index contributed by atoms with van der Waals surface area (Å²) in [6.07, 6.45) is 1.49. The van der Waals surface area contributed by atoms with Crippen molar-refractivity contribution in [2.45, 2.75) is 12.6 Å². The van der Waals surface area contributed by atoms with E-state index in [9.17, 15) is 14.7 Å². The molecule has 8 heteroatoms. The number of ketones is 1. The minimum absolute atomic E-state index is 0.0598. The molecule has 1 aliphatic rings. The number of aliphatic hydroxyl groups excluding tert-OH is 1. The number of furan rings is 1. The van der Waals surface area contributed by atoms with Crippen LogP contribution in [0.5, 0.6) is 11.5 Å². The van der Waals surface area contributed by atoms with Crippen LogP contribution in [0.4, 0.5) is 0 Å². The van der Waals surface area contributed by atoms with Gasteiger partial charge in [0.05, 0.1) is 49.2 Å². The van der Waals surface area contributed by atoms with E-state index in [0.717, 1.165) is 0 Å². The summed E-state index contributed by atoms with van der Waals surface area (Å²) in [6, 6.07) is 14.6. The van der Waals surface area contributed by atoms with E-state index in [1.165, 1.54) is 37.5 Å². The molecule has 1 amide bonds. The predicted molar refractivity (Wildman–Crippen MR) is 118 cm³/mol. The standard InChI is InChI=1S/C24H20ClNO6/c1-30-18-12-17(25)19(31-2)11-16(18)22(27)20-21(14-7-4-3-5-8-14)26(24(29)23(20)28)13-15-9-6-10-32-15/h3-12,21,27H,13H2,1-2H3/b22-20+. The third kappa shape index (κ3) is 3.71. The molecule has 1 unspecified atom stereocenters. The molecule has 1 N–H and O–H groups in total. The number of hydrogen-bond acceptors (Lipinski definition) is 6. The van der Waals surface area contributed by atoms with Crippen LogP contribution in [0.15, 0.2) is 70.9 Å². The fraction of sp³-hybridized carbons (Fsp3) is 0.167. The summed E-state index contributed by atoms with van der Waals surface area (Å²) in [4.78, 5) is 27.5. The Hall–Kier alpha value is -3.71. The van der Waals surface area contributed by atoms with Crippen molar-refractivity contribution in [2.75, 3.05) is 14.2 Å². The Kier molecular flexibility index (Phi) is 5.92. The van der Waals surface area contributed by atoms with Crippen LogP contribution in [-0.2, 0) is 16.1 Å². The molecule has 2 aromatic carbocycles. The first-order valence-corrected chi connectivity index (χ1v) is 10.1. The van der Waals surface area contributed by atoms with Gasteiger partial charge in [0.15, 0.2) is 0 Å². The van der Waals surface area contributed by atoms with Gasteiger partial charge in [0.2, 0.25) is 0 Å². The van der Waals surface area contributed by atoms with Crippen molar-refractivity contribution in [3.63, 3.8) is 0 Å². The molecule has 0 bridgehead atoms. The van der Waals surface area contributed by atoms with Gasteiger partial charge in [-0.2, -0.15) is 0 Å². The molecule has 0 spiro atoms. The van der Waals surface area contributed by atoms with Crippen molar-refractivity contribution in [3.05, 3.63) is 88.3 Å². The van der Waals surface area contributed by atoms with Gasteiger partial charge in [0.25, 0.3) is 11.7 Å². The first-order valence-electron chi connectivity index (χ1n) is 9.74. The van der Waals surface area contributed by atoms with Crippen LogP contribution in [0.1, 0.15) is 22.9 Å². The van der Waals surface area contributed by atoms with Crippen LogP contribution in [0.2, 0.25) is 5.02 Å². The number of likely N-dealkylation sites (tertiary alicyclic amines) is 1. The molecule has 3 aromatic rings. The topological polar surface area (TPSA) is 89.2 Å². The van der Waals surface area contributed by atoms with Crippen LogP contribution in [0.25, 0.3) is 5.76 Å². The second kappa shape index (κ2) is 8.80. The van der Waals surface area contributed by atoms with E-state index >= 15 is 0 Å². The lowest BCUT2D eigenvalue weighted by atomic mass is 9.95.